The van der Waals surface area contributed by atoms with Crippen molar-refractivity contribution in [2.75, 3.05) is 6.61 Å². The van der Waals surface area contributed by atoms with E-state index in [2.05, 4.69) is 4.98 Å². The maximum Gasteiger partial charge on any atom is 0.129 e. The molecule has 0 fully saturated rings. The molecular formula is C10H8ClNO. The van der Waals surface area contributed by atoms with Crippen molar-refractivity contribution in [3.63, 3.8) is 0 Å². The van der Waals surface area contributed by atoms with E-state index in [1.807, 2.05) is 24.3 Å². The number of allylic oxidation sites excluding steroid dienone is 2. The summed E-state index contributed by atoms with van der Waals surface area (Å²) in [6, 6.07) is 5.57. The monoisotopic (exact) mass is 193 g/mol. The summed E-state index contributed by atoms with van der Waals surface area (Å²) in [6.07, 6.45) is 5.51. The van der Waals surface area contributed by atoms with Gasteiger partial charge >= 0.3 is 0 Å². The third kappa shape index (κ3) is 1.90. The SMILES string of the molecule is Clc1cccc(C2=CCOC=C2)n1. The first-order chi connectivity index (χ1) is 6.36. The lowest BCUT2D eigenvalue weighted by atomic mass is 10.1. The molecule has 1 aromatic heterocycles. The highest BCUT2D eigenvalue weighted by Gasteiger charge is 2.02. The highest BCUT2D eigenvalue weighted by atomic mass is 35.5. The molecule has 0 saturated carbocycles. The topological polar surface area (TPSA) is 22.1 Å². The van der Waals surface area contributed by atoms with Crippen molar-refractivity contribution in [1.29, 1.82) is 0 Å². The van der Waals surface area contributed by atoms with Crippen LogP contribution in [0.1, 0.15) is 5.69 Å². The van der Waals surface area contributed by atoms with Gasteiger partial charge in [0, 0.05) is 5.57 Å². The number of nitrogens with zero attached hydrogens (tertiary/aromatic N) is 1. The maximum absolute atomic E-state index is 5.77. The van der Waals surface area contributed by atoms with Crippen LogP contribution < -0.4 is 0 Å². The second-order valence-corrected chi connectivity index (χ2v) is 3.03. The maximum atomic E-state index is 5.77. The van der Waals surface area contributed by atoms with Crippen LogP contribution in [0.4, 0.5) is 0 Å². The van der Waals surface area contributed by atoms with Crippen molar-refractivity contribution in [1.82, 2.24) is 4.98 Å². The van der Waals surface area contributed by atoms with Gasteiger partial charge in [0.25, 0.3) is 0 Å². The molecule has 0 radical (unpaired) electrons. The molecule has 1 aromatic rings. The molecule has 1 aliphatic rings. The molecule has 2 nitrogen and oxygen atoms in total. The van der Waals surface area contributed by atoms with Crippen LogP contribution >= 0.6 is 11.6 Å². The largest absolute Gasteiger partial charge is 0.497 e. The number of hydrogen-bond acceptors (Lipinski definition) is 2. The Bertz CT molecular complexity index is 371. The number of hydrogen-bond donors (Lipinski definition) is 0. The van der Waals surface area contributed by atoms with Gasteiger partial charge in [-0.2, -0.15) is 0 Å². The van der Waals surface area contributed by atoms with Gasteiger partial charge in [0.15, 0.2) is 0 Å². The number of halogens is 1. The molecule has 66 valence electrons. The van der Waals surface area contributed by atoms with E-state index in [9.17, 15) is 0 Å². The highest BCUT2D eigenvalue weighted by Crippen LogP contribution is 2.17. The zero-order valence-electron chi connectivity index (χ0n) is 6.90. The molecule has 0 bridgehead atoms. The Hall–Kier alpha value is -1.28. The Morgan fingerprint density at radius 3 is 3.00 bits per heavy atom. The summed E-state index contributed by atoms with van der Waals surface area (Å²) in [5, 5.41) is 0.512. The Labute approximate surface area is 81.5 Å². The molecular weight excluding hydrogens is 186 g/mol. The van der Waals surface area contributed by atoms with Crippen LogP contribution in [0.3, 0.4) is 0 Å². The zero-order chi connectivity index (χ0) is 9.10. The average molecular weight is 194 g/mol. The molecule has 0 saturated heterocycles. The minimum Gasteiger partial charge on any atom is -0.497 e. The van der Waals surface area contributed by atoms with Crippen LogP contribution in [-0.2, 0) is 4.74 Å². The highest BCUT2D eigenvalue weighted by molar-refractivity contribution is 6.29. The van der Waals surface area contributed by atoms with E-state index < -0.39 is 0 Å². The lowest BCUT2D eigenvalue weighted by Crippen LogP contribution is -1.94. The summed E-state index contributed by atoms with van der Waals surface area (Å²) in [5.41, 5.74) is 1.93. The fraction of sp³-hybridized carbons (Fsp3) is 0.100. The summed E-state index contributed by atoms with van der Waals surface area (Å²) in [7, 11) is 0. The second-order valence-electron chi connectivity index (χ2n) is 2.64. The van der Waals surface area contributed by atoms with Crippen molar-refractivity contribution in [3.05, 3.63) is 47.5 Å². The van der Waals surface area contributed by atoms with Crippen LogP contribution in [0.5, 0.6) is 0 Å². The number of rotatable bonds is 1. The molecule has 0 spiro atoms. The van der Waals surface area contributed by atoms with Crippen molar-refractivity contribution >= 4 is 17.2 Å². The first-order valence-corrected chi connectivity index (χ1v) is 4.35. The van der Waals surface area contributed by atoms with Crippen LogP contribution in [0.25, 0.3) is 5.57 Å². The van der Waals surface area contributed by atoms with Crippen molar-refractivity contribution in [2.45, 2.75) is 0 Å². The molecule has 2 heterocycles. The van der Waals surface area contributed by atoms with Crippen molar-refractivity contribution in [2.24, 2.45) is 0 Å². The molecule has 0 aromatic carbocycles. The summed E-state index contributed by atoms with van der Waals surface area (Å²) < 4.78 is 5.03. The lowest BCUT2D eigenvalue weighted by Gasteiger charge is -2.07. The van der Waals surface area contributed by atoms with Crippen LogP contribution in [0.15, 0.2) is 36.6 Å². The van der Waals surface area contributed by atoms with Crippen LogP contribution in [0, 0.1) is 0 Å². The smallest absolute Gasteiger partial charge is 0.129 e. The Balaban J connectivity index is 2.35. The molecule has 0 unspecified atom stereocenters. The molecule has 3 heteroatoms. The summed E-state index contributed by atoms with van der Waals surface area (Å²) >= 11 is 5.77. The van der Waals surface area contributed by atoms with Gasteiger partial charge in [0.1, 0.15) is 11.8 Å². The van der Waals surface area contributed by atoms with Crippen molar-refractivity contribution < 1.29 is 4.74 Å². The van der Waals surface area contributed by atoms with Crippen LogP contribution in [0.2, 0.25) is 5.15 Å². The van der Waals surface area contributed by atoms with E-state index in [-0.39, 0.29) is 0 Å². The quantitative estimate of drug-likeness (QED) is 0.640. The van der Waals surface area contributed by atoms with Gasteiger partial charge in [-0.25, -0.2) is 4.98 Å². The normalized spacial score (nSPS) is 15.0. The molecule has 1 aliphatic heterocycles. The predicted molar refractivity (Wildman–Crippen MR) is 52.3 cm³/mol. The van der Waals surface area contributed by atoms with Gasteiger partial charge in [-0.3, -0.25) is 0 Å². The lowest BCUT2D eigenvalue weighted by molar-refractivity contribution is 0.287. The Morgan fingerprint density at radius 2 is 2.31 bits per heavy atom. The van der Waals surface area contributed by atoms with Crippen molar-refractivity contribution in [3.8, 4) is 0 Å². The Morgan fingerprint density at radius 1 is 1.38 bits per heavy atom. The van der Waals surface area contributed by atoms with Gasteiger partial charge in [-0.05, 0) is 24.3 Å². The number of ether oxygens (including phenoxy) is 1. The minimum absolute atomic E-state index is 0.512. The van der Waals surface area contributed by atoms with E-state index in [0.717, 1.165) is 11.3 Å². The number of aromatic nitrogens is 1. The average Bonchev–Trinajstić information content (AvgIpc) is 2.19. The van der Waals surface area contributed by atoms with E-state index >= 15 is 0 Å². The van der Waals surface area contributed by atoms with Gasteiger partial charge in [0.05, 0.1) is 12.0 Å². The molecule has 2 rings (SSSR count). The fourth-order valence-electron chi connectivity index (χ4n) is 1.14. The summed E-state index contributed by atoms with van der Waals surface area (Å²) in [5.74, 6) is 0. The zero-order valence-corrected chi connectivity index (χ0v) is 7.66. The van der Waals surface area contributed by atoms with E-state index in [1.54, 1.807) is 12.3 Å². The second kappa shape index (κ2) is 3.62. The predicted octanol–water partition coefficient (Wildman–Crippen LogP) is 2.66. The Kier molecular flexibility index (Phi) is 2.32. The van der Waals surface area contributed by atoms with Crippen LogP contribution in [-0.4, -0.2) is 11.6 Å². The molecule has 0 amide bonds. The first kappa shape index (κ1) is 8.32. The van der Waals surface area contributed by atoms with Gasteiger partial charge < -0.3 is 4.74 Å². The molecule has 0 atom stereocenters. The van der Waals surface area contributed by atoms with Gasteiger partial charge in [-0.1, -0.05) is 17.7 Å². The number of pyridine rings is 1. The van der Waals surface area contributed by atoms with E-state index in [4.69, 9.17) is 16.3 Å². The van der Waals surface area contributed by atoms with E-state index in [0.29, 0.717) is 11.8 Å². The first-order valence-electron chi connectivity index (χ1n) is 3.97. The fourth-order valence-corrected chi connectivity index (χ4v) is 1.31. The molecule has 13 heavy (non-hydrogen) atoms. The minimum atomic E-state index is 0.512. The third-order valence-corrected chi connectivity index (χ3v) is 1.96. The van der Waals surface area contributed by atoms with Gasteiger partial charge in [-0.15, -0.1) is 0 Å². The standard InChI is InChI=1S/C10H8ClNO/c11-10-3-1-2-9(12-10)8-4-6-13-7-5-8/h1-6H,7H2. The third-order valence-electron chi connectivity index (χ3n) is 1.75. The molecule has 0 N–H and O–H groups in total. The summed E-state index contributed by atoms with van der Waals surface area (Å²) in [4.78, 5) is 4.19. The van der Waals surface area contributed by atoms with Gasteiger partial charge in [0.2, 0.25) is 0 Å². The summed E-state index contributed by atoms with van der Waals surface area (Å²) in [6.45, 7) is 0.597. The van der Waals surface area contributed by atoms with E-state index in [1.165, 1.54) is 0 Å². The molecule has 0 aliphatic carbocycles.